The van der Waals surface area contributed by atoms with E-state index in [1.165, 1.54) is 17.4 Å². The Kier molecular flexibility index (Phi) is 4.75. The monoisotopic (exact) mass is 429 g/mol. The van der Waals surface area contributed by atoms with Gasteiger partial charge in [-0.15, -0.1) is 0 Å². The molecule has 1 N–H and O–H groups in total. The molecular weight excluding hydrogens is 402 g/mol. The standard InChI is InChI=1S/C27H27NO4/c1-27(2)12-10-20-25(32-27)19(11-13-28(3)4)23(29)22-24(30)21(15-31-26(20)22)18-9-8-16-6-5-7-17(16)14-18/h5-6,8-10,12,14-15,29H,7,11,13H2,1-4H3. The number of nitrogens with zero attached hydrogens (tertiary/aromatic N) is 1. The molecule has 0 bridgehead atoms. The molecule has 1 aliphatic carbocycles. The number of phenols is 1. The number of fused-ring (bicyclic) bond motifs is 4. The van der Waals surface area contributed by atoms with Crippen molar-refractivity contribution in [3.8, 4) is 22.6 Å². The largest absolute Gasteiger partial charge is 0.507 e. The molecule has 0 saturated carbocycles. The molecule has 3 aromatic rings. The Hall–Kier alpha value is -3.31. The number of ether oxygens (including phenoxy) is 1. The summed E-state index contributed by atoms with van der Waals surface area (Å²) in [6, 6.07) is 5.98. The van der Waals surface area contributed by atoms with E-state index in [0.29, 0.717) is 41.0 Å². The summed E-state index contributed by atoms with van der Waals surface area (Å²) in [7, 11) is 3.95. The summed E-state index contributed by atoms with van der Waals surface area (Å²) in [6.45, 7) is 4.64. The molecule has 1 aromatic heterocycles. The van der Waals surface area contributed by atoms with E-state index >= 15 is 0 Å². The topological polar surface area (TPSA) is 62.9 Å². The highest BCUT2D eigenvalue weighted by molar-refractivity contribution is 5.97. The number of rotatable bonds is 4. The van der Waals surface area contributed by atoms with Gasteiger partial charge in [0.25, 0.3) is 0 Å². The first-order valence-electron chi connectivity index (χ1n) is 10.9. The van der Waals surface area contributed by atoms with E-state index in [0.717, 1.165) is 12.0 Å². The zero-order valence-corrected chi connectivity index (χ0v) is 18.9. The van der Waals surface area contributed by atoms with Crippen LogP contribution < -0.4 is 10.2 Å². The van der Waals surface area contributed by atoms with Gasteiger partial charge in [-0.05, 0) is 75.7 Å². The molecule has 0 unspecified atom stereocenters. The fraction of sp³-hybridized carbons (Fsp3) is 0.296. The summed E-state index contributed by atoms with van der Waals surface area (Å²) < 4.78 is 12.3. The Morgan fingerprint density at radius 1 is 1.19 bits per heavy atom. The minimum Gasteiger partial charge on any atom is -0.507 e. The van der Waals surface area contributed by atoms with E-state index in [9.17, 15) is 9.90 Å². The van der Waals surface area contributed by atoms with E-state index in [-0.39, 0.29) is 16.6 Å². The van der Waals surface area contributed by atoms with E-state index in [2.05, 4.69) is 12.2 Å². The first-order chi connectivity index (χ1) is 15.2. The van der Waals surface area contributed by atoms with Gasteiger partial charge in [0, 0.05) is 12.1 Å². The van der Waals surface area contributed by atoms with Gasteiger partial charge in [0.15, 0.2) is 5.58 Å². The second-order valence-electron chi connectivity index (χ2n) is 9.36. The van der Waals surface area contributed by atoms with Gasteiger partial charge in [0.05, 0.1) is 11.1 Å². The van der Waals surface area contributed by atoms with E-state index < -0.39 is 5.60 Å². The maximum Gasteiger partial charge on any atom is 0.204 e. The summed E-state index contributed by atoms with van der Waals surface area (Å²) in [4.78, 5) is 15.7. The van der Waals surface area contributed by atoms with Crippen LogP contribution in [0.4, 0.5) is 0 Å². The maximum atomic E-state index is 13.6. The second-order valence-corrected chi connectivity index (χ2v) is 9.36. The average molecular weight is 430 g/mol. The molecular formula is C27H27NO4. The zero-order chi connectivity index (χ0) is 22.6. The molecule has 5 heteroatoms. The zero-order valence-electron chi connectivity index (χ0n) is 18.9. The van der Waals surface area contributed by atoms with Crippen LogP contribution in [0.2, 0.25) is 0 Å². The van der Waals surface area contributed by atoms with Gasteiger partial charge < -0.3 is 19.2 Å². The molecule has 2 aromatic carbocycles. The minimum absolute atomic E-state index is 0.0508. The number of allylic oxidation sites excluding steroid dienone is 1. The Balaban J connectivity index is 1.75. The predicted octanol–water partition coefficient (Wildman–Crippen LogP) is 5.02. The van der Waals surface area contributed by atoms with Crippen molar-refractivity contribution in [3.63, 3.8) is 0 Å². The average Bonchev–Trinajstić information content (AvgIpc) is 3.20. The smallest absolute Gasteiger partial charge is 0.204 e. The van der Waals surface area contributed by atoms with Crippen LogP contribution in [0.1, 0.15) is 36.1 Å². The molecule has 0 fully saturated rings. The molecule has 5 rings (SSSR count). The van der Waals surface area contributed by atoms with Crippen LogP contribution in [0.15, 0.2) is 45.8 Å². The van der Waals surface area contributed by atoms with Crippen molar-refractivity contribution in [2.75, 3.05) is 20.6 Å². The van der Waals surface area contributed by atoms with Crippen molar-refractivity contribution >= 4 is 23.1 Å². The Labute approximate surface area is 187 Å². The van der Waals surface area contributed by atoms with Gasteiger partial charge in [-0.2, -0.15) is 0 Å². The van der Waals surface area contributed by atoms with E-state index in [1.807, 2.05) is 63.2 Å². The number of likely N-dealkylation sites (N-methyl/N-ethyl adjacent to an activating group) is 1. The van der Waals surface area contributed by atoms with Gasteiger partial charge in [-0.1, -0.05) is 24.3 Å². The Bertz CT molecular complexity index is 1360. The lowest BCUT2D eigenvalue weighted by molar-refractivity contribution is 0.156. The van der Waals surface area contributed by atoms with Crippen molar-refractivity contribution in [1.82, 2.24) is 4.90 Å². The number of aromatic hydroxyl groups is 1. The van der Waals surface area contributed by atoms with Crippen LogP contribution >= 0.6 is 0 Å². The second kappa shape index (κ2) is 7.38. The normalized spacial score (nSPS) is 15.8. The lowest BCUT2D eigenvalue weighted by Gasteiger charge is -2.30. The highest BCUT2D eigenvalue weighted by Gasteiger charge is 2.30. The van der Waals surface area contributed by atoms with Crippen molar-refractivity contribution in [2.45, 2.75) is 32.3 Å². The summed E-state index contributed by atoms with van der Waals surface area (Å²) >= 11 is 0. The quantitative estimate of drug-likeness (QED) is 0.631. The fourth-order valence-corrected chi connectivity index (χ4v) is 4.45. The Morgan fingerprint density at radius 3 is 2.78 bits per heavy atom. The Morgan fingerprint density at radius 2 is 2.00 bits per heavy atom. The summed E-state index contributed by atoms with van der Waals surface area (Å²) in [5, 5.41) is 11.5. The molecule has 2 heterocycles. The first-order valence-corrected chi connectivity index (χ1v) is 10.9. The molecule has 0 atom stereocenters. The van der Waals surface area contributed by atoms with Crippen molar-refractivity contribution in [3.05, 3.63) is 69.1 Å². The van der Waals surface area contributed by atoms with E-state index in [4.69, 9.17) is 9.15 Å². The summed E-state index contributed by atoms with van der Waals surface area (Å²) in [6.07, 6.45) is 11.0. The third-order valence-electron chi connectivity index (χ3n) is 6.19. The van der Waals surface area contributed by atoms with Crippen LogP contribution in [-0.2, 0) is 12.8 Å². The fourth-order valence-electron chi connectivity index (χ4n) is 4.45. The van der Waals surface area contributed by atoms with Crippen LogP contribution in [0.5, 0.6) is 11.5 Å². The number of hydrogen-bond donors (Lipinski definition) is 1. The van der Waals surface area contributed by atoms with Gasteiger partial charge in [0.1, 0.15) is 28.7 Å². The van der Waals surface area contributed by atoms with Crippen LogP contribution in [0.3, 0.4) is 0 Å². The molecule has 0 amide bonds. The highest BCUT2D eigenvalue weighted by Crippen LogP contribution is 2.44. The molecule has 2 aliphatic rings. The number of benzene rings is 2. The van der Waals surface area contributed by atoms with Crippen molar-refractivity contribution < 1.29 is 14.3 Å². The SMILES string of the molecule is CN(C)CCc1c2c(c3occ(-c4ccc5c(c4)CC=C5)c(=O)c3c1O)C=CC(C)(C)O2. The van der Waals surface area contributed by atoms with Crippen molar-refractivity contribution in [1.29, 1.82) is 0 Å². The third kappa shape index (κ3) is 3.33. The lowest BCUT2D eigenvalue weighted by Crippen LogP contribution is -2.29. The first kappa shape index (κ1) is 20.6. The van der Waals surface area contributed by atoms with Crippen molar-refractivity contribution in [2.24, 2.45) is 0 Å². The van der Waals surface area contributed by atoms with Gasteiger partial charge in [-0.3, -0.25) is 4.79 Å². The summed E-state index contributed by atoms with van der Waals surface area (Å²) in [5.41, 5.74) is 4.54. The van der Waals surface area contributed by atoms with E-state index in [1.54, 1.807) is 0 Å². The van der Waals surface area contributed by atoms with Gasteiger partial charge in [0.2, 0.25) is 5.43 Å². The molecule has 5 nitrogen and oxygen atoms in total. The molecule has 1 aliphatic heterocycles. The van der Waals surface area contributed by atoms with Gasteiger partial charge >= 0.3 is 0 Å². The molecule has 0 radical (unpaired) electrons. The van der Waals surface area contributed by atoms with Crippen LogP contribution in [0.25, 0.3) is 34.2 Å². The lowest BCUT2D eigenvalue weighted by atomic mass is 9.93. The highest BCUT2D eigenvalue weighted by atomic mass is 16.5. The maximum absolute atomic E-state index is 13.6. The number of hydrogen-bond acceptors (Lipinski definition) is 5. The summed E-state index contributed by atoms with van der Waals surface area (Å²) in [5.74, 6) is 0.536. The minimum atomic E-state index is -0.515. The van der Waals surface area contributed by atoms with Crippen LogP contribution in [-0.4, -0.2) is 36.2 Å². The molecule has 164 valence electrons. The molecule has 32 heavy (non-hydrogen) atoms. The van der Waals surface area contributed by atoms with Gasteiger partial charge in [-0.25, -0.2) is 0 Å². The number of phenolic OH excluding ortho intramolecular Hbond substituents is 1. The molecule has 0 spiro atoms. The molecule has 0 saturated heterocycles. The van der Waals surface area contributed by atoms with Crippen LogP contribution in [0, 0.1) is 0 Å². The predicted molar refractivity (Wildman–Crippen MR) is 128 cm³/mol. The third-order valence-corrected chi connectivity index (χ3v) is 6.19.